The first-order valence-electron chi connectivity index (χ1n) is 9.64. The molecule has 3 rings (SSSR count). The fourth-order valence-corrected chi connectivity index (χ4v) is 3.27. The summed E-state index contributed by atoms with van der Waals surface area (Å²) in [7, 11) is 1.66. The summed E-state index contributed by atoms with van der Waals surface area (Å²) in [5, 5.41) is 18.5. The van der Waals surface area contributed by atoms with Crippen molar-refractivity contribution in [3.05, 3.63) is 29.1 Å². The van der Waals surface area contributed by atoms with Crippen LogP contribution in [-0.4, -0.2) is 57.2 Å². The molecule has 10 heteroatoms. The topological polar surface area (TPSA) is 105 Å². The fraction of sp³-hybridized carbons (Fsp3) is 0.667. The van der Waals surface area contributed by atoms with Gasteiger partial charge in [0, 0.05) is 38.4 Å². The monoisotopic (exact) mass is 502 g/mol. The molecule has 0 saturated carbocycles. The average molecular weight is 502 g/mol. The Kier molecular flexibility index (Phi) is 9.16. The van der Waals surface area contributed by atoms with Crippen LogP contribution in [0.2, 0.25) is 0 Å². The fourth-order valence-electron chi connectivity index (χ4n) is 3.27. The van der Waals surface area contributed by atoms with Crippen LogP contribution < -0.4 is 10.6 Å². The maximum Gasteiger partial charge on any atom is 0.191 e. The van der Waals surface area contributed by atoms with E-state index in [0.717, 1.165) is 68.6 Å². The van der Waals surface area contributed by atoms with Crippen LogP contribution in [0, 0.1) is 6.92 Å². The Bertz CT molecular complexity index is 757. The molecule has 1 aliphatic rings. The molecule has 0 amide bonds. The number of H-pyrrole nitrogens is 1. The zero-order valence-electron chi connectivity index (χ0n) is 16.9. The molecule has 1 unspecified atom stereocenters. The summed E-state index contributed by atoms with van der Waals surface area (Å²) in [5.74, 6) is 2.66. The molecule has 3 N–H and O–H groups in total. The van der Waals surface area contributed by atoms with E-state index in [4.69, 9.17) is 9.73 Å². The van der Waals surface area contributed by atoms with Gasteiger partial charge < -0.3 is 15.4 Å². The number of halogens is 1. The lowest BCUT2D eigenvalue weighted by atomic mass is 10.1. The van der Waals surface area contributed by atoms with Crippen LogP contribution >= 0.6 is 24.0 Å². The van der Waals surface area contributed by atoms with Crippen molar-refractivity contribution in [2.24, 2.45) is 4.99 Å². The van der Waals surface area contributed by atoms with Crippen molar-refractivity contribution in [2.45, 2.75) is 58.7 Å². The van der Waals surface area contributed by atoms with Gasteiger partial charge in [0.05, 0.1) is 12.7 Å². The number of aromatic nitrogens is 5. The molecular formula is C18H31IN8O. The normalized spacial score (nSPS) is 16.4. The summed E-state index contributed by atoms with van der Waals surface area (Å²) >= 11 is 0. The smallest absolute Gasteiger partial charge is 0.191 e. The standard InChI is InChI=1S/C18H30N8O.HI/c1-4-19-18(20-9-5-6-14-10-21-24-13(14)2)22-15-7-8-17-23-16(12-27-3)25-26(17)11-15;/h10,15H,4-9,11-12H2,1-3H3,(H,21,24)(H2,19,20,22);1H. The van der Waals surface area contributed by atoms with Crippen molar-refractivity contribution >= 4 is 29.9 Å². The average Bonchev–Trinajstić information content (AvgIpc) is 3.24. The first-order valence-corrected chi connectivity index (χ1v) is 9.64. The minimum Gasteiger partial charge on any atom is -0.377 e. The summed E-state index contributed by atoms with van der Waals surface area (Å²) < 4.78 is 7.12. The highest BCUT2D eigenvalue weighted by Crippen LogP contribution is 2.13. The molecule has 2 aromatic heterocycles. The van der Waals surface area contributed by atoms with Crippen LogP contribution in [0.5, 0.6) is 0 Å². The number of hydrogen-bond donors (Lipinski definition) is 3. The zero-order chi connectivity index (χ0) is 19.1. The number of aliphatic imine (C=N–C) groups is 1. The van der Waals surface area contributed by atoms with Crippen LogP contribution in [0.3, 0.4) is 0 Å². The van der Waals surface area contributed by atoms with Gasteiger partial charge >= 0.3 is 0 Å². The number of methoxy groups -OCH3 is 1. The van der Waals surface area contributed by atoms with Crippen LogP contribution in [-0.2, 0) is 30.7 Å². The molecule has 2 aromatic rings. The van der Waals surface area contributed by atoms with Gasteiger partial charge in [-0.15, -0.1) is 24.0 Å². The predicted octanol–water partition coefficient (Wildman–Crippen LogP) is 1.58. The highest BCUT2D eigenvalue weighted by molar-refractivity contribution is 14.0. The van der Waals surface area contributed by atoms with Crippen molar-refractivity contribution < 1.29 is 4.74 Å². The molecule has 0 aromatic carbocycles. The summed E-state index contributed by atoms with van der Waals surface area (Å²) in [6, 6.07) is 0.295. The number of guanidine groups is 1. The molecule has 0 fully saturated rings. The molecule has 0 bridgehead atoms. The van der Waals surface area contributed by atoms with E-state index in [0.29, 0.717) is 12.6 Å². The zero-order valence-corrected chi connectivity index (χ0v) is 19.2. The van der Waals surface area contributed by atoms with E-state index in [2.05, 4.69) is 44.8 Å². The highest BCUT2D eigenvalue weighted by atomic mass is 127. The van der Waals surface area contributed by atoms with Crippen LogP contribution in [0.4, 0.5) is 0 Å². The van der Waals surface area contributed by atoms with E-state index in [-0.39, 0.29) is 24.0 Å². The molecule has 1 atom stereocenters. The maximum absolute atomic E-state index is 5.13. The van der Waals surface area contributed by atoms with E-state index in [1.165, 1.54) is 5.56 Å². The SMILES string of the molecule is CCNC(=NCCCc1cn[nH]c1C)NC1CCc2nc(COC)nn2C1.I. The number of nitrogens with zero attached hydrogens (tertiary/aromatic N) is 5. The Labute approximate surface area is 183 Å². The van der Waals surface area contributed by atoms with Crippen molar-refractivity contribution in [3.63, 3.8) is 0 Å². The van der Waals surface area contributed by atoms with Crippen molar-refractivity contribution in [3.8, 4) is 0 Å². The predicted molar refractivity (Wildman–Crippen MR) is 119 cm³/mol. The lowest BCUT2D eigenvalue weighted by molar-refractivity contribution is 0.177. The van der Waals surface area contributed by atoms with E-state index >= 15 is 0 Å². The van der Waals surface area contributed by atoms with Crippen LogP contribution in [0.1, 0.15) is 42.7 Å². The third-order valence-electron chi connectivity index (χ3n) is 4.67. The molecule has 9 nitrogen and oxygen atoms in total. The summed E-state index contributed by atoms with van der Waals surface area (Å²) in [5.41, 5.74) is 2.41. The molecule has 0 saturated heterocycles. The second kappa shape index (κ2) is 11.3. The number of aryl methyl sites for hydroxylation is 3. The second-order valence-corrected chi connectivity index (χ2v) is 6.82. The molecule has 156 valence electrons. The van der Waals surface area contributed by atoms with Gasteiger partial charge in [0.15, 0.2) is 11.8 Å². The van der Waals surface area contributed by atoms with Gasteiger partial charge in [-0.25, -0.2) is 9.67 Å². The van der Waals surface area contributed by atoms with Gasteiger partial charge in [-0.2, -0.15) is 10.2 Å². The quantitative estimate of drug-likeness (QED) is 0.219. The second-order valence-electron chi connectivity index (χ2n) is 6.82. The number of ether oxygens (including phenoxy) is 1. The highest BCUT2D eigenvalue weighted by Gasteiger charge is 2.22. The van der Waals surface area contributed by atoms with Gasteiger partial charge in [-0.1, -0.05) is 0 Å². The summed E-state index contributed by atoms with van der Waals surface area (Å²) in [6.07, 6.45) is 5.81. The first kappa shape index (κ1) is 22.6. The van der Waals surface area contributed by atoms with Gasteiger partial charge in [0.1, 0.15) is 12.4 Å². The molecular weight excluding hydrogens is 471 g/mol. The van der Waals surface area contributed by atoms with Crippen LogP contribution in [0.15, 0.2) is 11.2 Å². The number of fused-ring (bicyclic) bond motifs is 1. The number of hydrogen-bond acceptors (Lipinski definition) is 5. The Morgan fingerprint density at radius 3 is 3.04 bits per heavy atom. The van der Waals surface area contributed by atoms with E-state index in [1.54, 1.807) is 7.11 Å². The summed E-state index contributed by atoms with van der Waals surface area (Å²) in [6.45, 7) is 7.00. The van der Waals surface area contributed by atoms with Crippen LogP contribution in [0.25, 0.3) is 0 Å². The van der Waals surface area contributed by atoms with Crippen molar-refractivity contribution in [1.82, 2.24) is 35.6 Å². The van der Waals surface area contributed by atoms with Gasteiger partial charge in [-0.05, 0) is 38.7 Å². The summed E-state index contributed by atoms with van der Waals surface area (Å²) in [4.78, 5) is 9.25. The number of rotatable bonds is 8. The Balaban J connectivity index is 0.00000280. The van der Waals surface area contributed by atoms with Gasteiger partial charge in [0.2, 0.25) is 0 Å². The van der Waals surface area contributed by atoms with E-state index in [9.17, 15) is 0 Å². The van der Waals surface area contributed by atoms with Crippen molar-refractivity contribution in [1.29, 1.82) is 0 Å². The lowest BCUT2D eigenvalue weighted by Gasteiger charge is -2.25. The third kappa shape index (κ3) is 6.16. The third-order valence-corrected chi connectivity index (χ3v) is 4.67. The molecule has 0 spiro atoms. The Hall–Kier alpha value is -1.69. The van der Waals surface area contributed by atoms with Crippen molar-refractivity contribution in [2.75, 3.05) is 20.2 Å². The molecule has 3 heterocycles. The number of aromatic amines is 1. The molecule has 28 heavy (non-hydrogen) atoms. The number of nitrogens with one attached hydrogen (secondary N) is 3. The Morgan fingerprint density at radius 2 is 2.32 bits per heavy atom. The van der Waals surface area contributed by atoms with E-state index in [1.807, 2.05) is 10.9 Å². The maximum atomic E-state index is 5.13. The largest absolute Gasteiger partial charge is 0.377 e. The minimum absolute atomic E-state index is 0. The van der Waals surface area contributed by atoms with Gasteiger partial charge in [-0.3, -0.25) is 10.1 Å². The lowest BCUT2D eigenvalue weighted by Crippen LogP contribution is -2.47. The van der Waals surface area contributed by atoms with E-state index < -0.39 is 0 Å². The molecule has 1 aliphatic heterocycles. The molecule has 0 aliphatic carbocycles. The van der Waals surface area contributed by atoms with Gasteiger partial charge in [0.25, 0.3) is 0 Å². The Morgan fingerprint density at radius 1 is 1.46 bits per heavy atom. The minimum atomic E-state index is 0. The first-order chi connectivity index (χ1) is 13.2. The molecule has 0 radical (unpaired) electrons.